The van der Waals surface area contributed by atoms with E-state index in [2.05, 4.69) is 43.1 Å². The highest BCUT2D eigenvalue weighted by Gasteiger charge is 2.00. The lowest BCUT2D eigenvalue weighted by Crippen LogP contribution is -2.06. The Morgan fingerprint density at radius 1 is 0.808 bits per heavy atom. The third-order valence-electron chi connectivity index (χ3n) is 4.60. The van der Waals surface area contributed by atoms with E-state index in [0.717, 1.165) is 36.6 Å². The molecule has 0 saturated carbocycles. The summed E-state index contributed by atoms with van der Waals surface area (Å²) >= 11 is 0. The van der Waals surface area contributed by atoms with Crippen molar-refractivity contribution >= 4 is 11.4 Å². The van der Waals surface area contributed by atoms with Crippen LogP contribution in [-0.4, -0.2) is 6.61 Å². The van der Waals surface area contributed by atoms with E-state index in [0.29, 0.717) is 5.92 Å². The molecule has 0 unspecified atom stereocenters. The number of rotatable bonds is 11. The summed E-state index contributed by atoms with van der Waals surface area (Å²) in [6.45, 7) is 7.37. The standard InChI is InChI=1S/C23H32N2O/c1-4-6-7-8-9-20-10-12-21(13-11-20)24-25-22-14-16-23(17-15-22)26-18-19(3)5-2/h10-17,19H,4-9,18H2,1-3H3/t19-/m0/s1. The van der Waals surface area contributed by atoms with Gasteiger partial charge in [-0.25, -0.2) is 0 Å². The zero-order valence-electron chi connectivity index (χ0n) is 16.4. The highest BCUT2D eigenvalue weighted by Crippen LogP contribution is 2.22. The zero-order valence-corrected chi connectivity index (χ0v) is 16.4. The molecule has 0 fully saturated rings. The quantitative estimate of drug-likeness (QED) is 0.302. The number of aryl methyl sites for hydroxylation is 1. The van der Waals surface area contributed by atoms with Crippen molar-refractivity contribution in [1.29, 1.82) is 0 Å². The average Bonchev–Trinajstić information content (AvgIpc) is 2.69. The smallest absolute Gasteiger partial charge is 0.119 e. The fourth-order valence-corrected chi connectivity index (χ4v) is 2.57. The first-order valence-electron chi connectivity index (χ1n) is 9.94. The normalized spacial score (nSPS) is 12.4. The Kier molecular flexibility index (Phi) is 8.88. The van der Waals surface area contributed by atoms with Gasteiger partial charge in [0.2, 0.25) is 0 Å². The first-order valence-corrected chi connectivity index (χ1v) is 9.94. The Morgan fingerprint density at radius 2 is 1.42 bits per heavy atom. The van der Waals surface area contributed by atoms with Crippen molar-refractivity contribution in [3.63, 3.8) is 0 Å². The van der Waals surface area contributed by atoms with Crippen LogP contribution in [0, 0.1) is 5.92 Å². The predicted octanol–water partition coefficient (Wildman–Crippen LogP) is 7.65. The summed E-state index contributed by atoms with van der Waals surface area (Å²) < 4.78 is 5.76. The van der Waals surface area contributed by atoms with Crippen LogP contribution in [0.4, 0.5) is 11.4 Å². The lowest BCUT2D eigenvalue weighted by molar-refractivity contribution is 0.256. The molecule has 3 nitrogen and oxygen atoms in total. The van der Waals surface area contributed by atoms with Crippen molar-refractivity contribution in [1.82, 2.24) is 0 Å². The van der Waals surface area contributed by atoms with Crippen LogP contribution < -0.4 is 4.74 Å². The molecule has 0 N–H and O–H groups in total. The Morgan fingerprint density at radius 3 is 2.00 bits per heavy atom. The predicted molar refractivity (Wildman–Crippen MR) is 110 cm³/mol. The van der Waals surface area contributed by atoms with Gasteiger partial charge in [-0.1, -0.05) is 58.6 Å². The summed E-state index contributed by atoms with van der Waals surface area (Å²) in [6, 6.07) is 16.2. The van der Waals surface area contributed by atoms with E-state index in [9.17, 15) is 0 Å². The van der Waals surface area contributed by atoms with Crippen molar-refractivity contribution in [3.8, 4) is 5.75 Å². The van der Waals surface area contributed by atoms with Crippen molar-refractivity contribution in [2.45, 2.75) is 59.3 Å². The van der Waals surface area contributed by atoms with Crippen LogP contribution in [0.25, 0.3) is 0 Å². The number of azo groups is 1. The van der Waals surface area contributed by atoms with E-state index >= 15 is 0 Å². The summed E-state index contributed by atoms with van der Waals surface area (Å²) in [4.78, 5) is 0. The first kappa shape index (κ1) is 20.2. The largest absolute Gasteiger partial charge is 0.493 e. The van der Waals surface area contributed by atoms with E-state index in [1.54, 1.807) is 0 Å². The molecule has 1 atom stereocenters. The molecule has 0 heterocycles. The maximum atomic E-state index is 5.76. The molecule has 2 rings (SSSR count). The SMILES string of the molecule is CCCCCCc1ccc(N=Nc2ccc(OC[C@@H](C)CC)cc2)cc1. The van der Waals surface area contributed by atoms with Gasteiger partial charge in [0.1, 0.15) is 5.75 Å². The Bertz CT molecular complexity index is 647. The van der Waals surface area contributed by atoms with Crippen LogP contribution in [0.2, 0.25) is 0 Å². The monoisotopic (exact) mass is 352 g/mol. The fraction of sp³-hybridized carbons (Fsp3) is 0.478. The van der Waals surface area contributed by atoms with Crippen molar-refractivity contribution < 1.29 is 4.74 Å². The molecule has 140 valence electrons. The lowest BCUT2D eigenvalue weighted by Gasteiger charge is -2.10. The van der Waals surface area contributed by atoms with Gasteiger partial charge >= 0.3 is 0 Å². The molecule has 3 heteroatoms. The zero-order chi connectivity index (χ0) is 18.6. The van der Waals surface area contributed by atoms with E-state index in [1.165, 1.54) is 31.2 Å². The second-order valence-corrected chi connectivity index (χ2v) is 7.00. The maximum absolute atomic E-state index is 5.76. The summed E-state index contributed by atoms with van der Waals surface area (Å²) in [5.41, 5.74) is 3.10. The molecule has 0 spiro atoms. The molecule has 0 amide bonds. The maximum Gasteiger partial charge on any atom is 0.119 e. The molecule has 0 saturated heterocycles. The van der Waals surface area contributed by atoms with E-state index in [-0.39, 0.29) is 0 Å². The Labute approximate surface area is 158 Å². The minimum absolute atomic E-state index is 0.573. The van der Waals surface area contributed by atoms with E-state index in [4.69, 9.17) is 4.74 Å². The second kappa shape index (κ2) is 11.5. The van der Waals surface area contributed by atoms with Gasteiger partial charge < -0.3 is 4.74 Å². The molecule has 0 bridgehead atoms. The van der Waals surface area contributed by atoms with Gasteiger partial charge in [-0.3, -0.25) is 0 Å². The molecule has 26 heavy (non-hydrogen) atoms. The third-order valence-corrected chi connectivity index (χ3v) is 4.60. The summed E-state index contributed by atoms with van der Waals surface area (Å²) in [5.74, 6) is 1.46. The summed E-state index contributed by atoms with van der Waals surface area (Å²) in [6.07, 6.45) is 7.46. The third kappa shape index (κ3) is 7.38. The van der Waals surface area contributed by atoms with Crippen molar-refractivity contribution in [2.75, 3.05) is 6.61 Å². The number of unbranched alkanes of at least 4 members (excludes halogenated alkanes) is 3. The number of hydrogen-bond donors (Lipinski definition) is 0. The number of benzene rings is 2. The molecule has 0 radical (unpaired) electrons. The average molecular weight is 353 g/mol. The Balaban J connectivity index is 1.83. The van der Waals surface area contributed by atoms with Crippen LogP contribution in [0.15, 0.2) is 58.8 Å². The molecule has 0 aliphatic rings. The first-order chi connectivity index (χ1) is 12.7. The molecule has 0 aromatic heterocycles. The van der Waals surface area contributed by atoms with Gasteiger partial charge in [0.25, 0.3) is 0 Å². The molecule has 0 aliphatic carbocycles. The van der Waals surface area contributed by atoms with Gasteiger partial charge in [-0.15, -0.1) is 0 Å². The van der Waals surface area contributed by atoms with Gasteiger partial charge in [-0.2, -0.15) is 10.2 Å². The number of hydrogen-bond acceptors (Lipinski definition) is 3. The molecule has 2 aromatic carbocycles. The molecule has 0 aliphatic heterocycles. The van der Waals surface area contributed by atoms with Gasteiger partial charge in [0, 0.05) is 0 Å². The topological polar surface area (TPSA) is 34.0 Å². The van der Waals surface area contributed by atoms with Gasteiger partial charge in [0.05, 0.1) is 18.0 Å². The van der Waals surface area contributed by atoms with Crippen LogP contribution >= 0.6 is 0 Å². The van der Waals surface area contributed by atoms with E-state index in [1.807, 2.05) is 36.4 Å². The number of nitrogens with zero attached hydrogens (tertiary/aromatic N) is 2. The van der Waals surface area contributed by atoms with E-state index < -0.39 is 0 Å². The van der Waals surface area contributed by atoms with Gasteiger partial charge in [-0.05, 0) is 60.7 Å². The second-order valence-electron chi connectivity index (χ2n) is 7.00. The fourth-order valence-electron chi connectivity index (χ4n) is 2.57. The highest BCUT2D eigenvalue weighted by molar-refractivity contribution is 5.43. The summed E-state index contributed by atoms with van der Waals surface area (Å²) in [5, 5.41) is 8.64. The minimum atomic E-state index is 0.573. The highest BCUT2D eigenvalue weighted by atomic mass is 16.5. The molecular formula is C23H32N2O. The Hall–Kier alpha value is -2.16. The van der Waals surface area contributed by atoms with Crippen LogP contribution in [-0.2, 0) is 6.42 Å². The number of ether oxygens (including phenoxy) is 1. The minimum Gasteiger partial charge on any atom is -0.493 e. The van der Waals surface area contributed by atoms with Gasteiger partial charge in [0.15, 0.2) is 0 Å². The van der Waals surface area contributed by atoms with Crippen LogP contribution in [0.5, 0.6) is 5.75 Å². The van der Waals surface area contributed by atoms with Crippen molar-refractivity contribution in [3.05, 3.63) is 54.1 Å². The molecule has 2 aromatic rings. The van der Waals surface area contributed by atoms with Crippen molar-refractivity contribution in [2.24, 2.45) is 16.1 Å². The summed E-state index contributed by atoms with van der Waals surface area (Å²) in [7, 11) is 0. The lowest BCUT2D eigenvalue weighted by atomic mass is 10.1. The van der Waals surface area contributed by atoms with Crippen LogP contribution in [0.3, 0.4) is 0 Å². The molecular weight excluding hydrogens is 320 g/mol. The van der Waals surface area contributed by atoms with Crippen LogP contribution in [0.1, 0.15) is 58.4 Å².